The number of piperidine rings is 2. The van der Waals surface area contributed by atoms with Crippen LogP contribution in [0.4, 0.5) is 4.79 Å². The van der Waals surface area contributed by atoms with Gasteiger partial charge in [-0.1, -0.05) is 27.7 Å². The number of carbonyl (C=O) groups is 1. The molecule has 2 heterocycles. The minimum atomic E-state index is -1.01. The molecular formula is C16H29N2O2-. The zero-order valence-corrected chi connectivity index (χ0v) is 13.4. The second-order valence-corrected chi connectivity index (χ2v) is 7.73. The Balaban J connectivity index is 2.01. The van der Waals surface area contributed by atoms with Gasteiger partial charge in [-0.3, -0.25) is 4.90 Å². The van der Waals surface area contributed by atoms with Crippen LogP contribution in [0.25, 0.3) is 0 Å². The van der Waals surface area contributed by atoms with Crippen molar-refractivity contribution in [1.82, 2.24) is 9.80 Å². The van der Waals surface area contributed by atoms with Crippen LogP contribution in [0.15, 0.2) is 0 Å². The van der Waals surface area contributed by atoms with Gasteiger partial charge in [0, 0.05) is 25.2 Å². The lowest BCUT2D eigenvalue weighted by Gasteiger charge is -2.51. The SMILES string of the molecule is CC1CCN(C2CCN(C(=O)[O-])CC2)C(C(C)(C)C)C1. The number of hydrogen-bond donors (Lipinski definition) is 0. The lowest BCUT2D eigenvalue weighted by atomic mass is 9.76. The number of carboxylic acid groups (broad SMARTS) is 1. The smallest absolute Gasteiger partial charge is 0.136 e. The van der Waals surface area contributed by atoms with Gasteiger partial charge in [0.1, 0.15) is 6.09 Å². The molecule has 0 bridgehead atoms. The predicted octanol–water partition coefficient (Wildman–Crippen LogP) is 1.94. The molecule has 20 heavy (non-hydrogen) atoms. The Morgan fingerprint density at radius 3 is 2.20 bits per heavy atom. The molecule has 1 amide bonds. The summed E-state index contributed by atoms with van der Waals surface area (Å²) in [5.41, 5.74) is 0.292. The Labute approximate surface area is 123 Å². The molecule has 116 valence electrons. The maximum atomic E-state index is 10.9. The third-order valence-electron chi connectivity index (χ3n) is 5.10. The third-order valence-corrected chi connectivity index (χ3v) is 5.10. The van der Waals surface area contributed by atoms with Crippen molar-refractivity contribution in [3.8, 4) is 0 Å². The minimum absolute atomic E-state index is 0.292. The van der Waals surface area contributed by atoms with E-state index < -0.39 is 6.09 Å². The molecule has 0 aliphatic carbocycles. The lowest BCUT2D eigenvalue weighted by Crippen LogP contribution is -2.57. The first-order valence-electron chi connectivity index (χ1n) is 8.00. The summed E-state index contributed by atoms with van der Waals surface area (Å²) in [5, 5.41) is 10.9. The standard InChI is InChI=1S/C16H30N2O2/c1-12-5-10-18(14(11-12)16(2,3)4)13-6-8-17(9-7-13)15(19)20/h12-14H,5-11H2,1-4H3,(H,19,20)/p-1. The molecule has 0 aromatic heterocycles. The molecule has 0 N–H and O–H groups in total. The molecule has 2 atom stereocenters. The summed E-state index contributed by atoms with van der Waals surface area (Å²) in [6.07, 6.45) is 3.43. The molecule has 4 nitrogen and oxygen atoms in total. The highest BCUT2D eigenvalue weighted by Gasteiger charge is 2.38. The lowest BCUT2D eigenvalue weighted by molar-refractivity contribution is -0.266. The number of likely N-dealkylation sites (tertiary alicyclic amines) is 2. The molecule has 0 saturated carbocycles. The maximum absolute atomic E-state index is 10.9. The average Bonchev–Trinajstić information content (AvgIpc) is 2.38. The Morgan fingerprint density at radius 1 is 1.10 bits per heavy atom. The van der Waals surface area contributed by atoms with Crippen LogP contribution < -0.4 is 5.11 Å². The van der Waals surface area contributed by atoms with Crippen LogP contribution in [0.5, 0.6) is 0 Å². The van der Waals surface area contributed by atoms with Crippen molar-refractivity contribution < 1.29 is 9.90 Å². The van der Waals surface area contributed by atoms with Gasteiger partial charge in [-0.2, -0.15) is 0 Å². The highest BCUT2D eigenvalue weighted by molar-refractivity contribution is 5.62. The number of hydrogen-bond acceptors (Lipinski definition) is 3. The van der Waals surface area contributed by atoms with Crippen LogP contribution in [0.1, 0.15) is 53.4 Å². The number of amides is 1. The van der Waals surface area contributed by atoms with Gasteiger partial charge < -0.3 is 14.8 Å². The maximum Gasteiger partial charge on any atom is 0.136 e. The van der Waals surface area contributed by atoms with E-state index in [0.29, 0.717) is 30.6 Å². The van der Waals surface area contributed by atoms with Crippen LogP contribution in [0, 0.1) is 11.3 Å². The normalized spacial score (nSPS) is 30.5. The van der Waals surface area contributed by atoms with Gasteiger partial charge in [0.2, 0.25) is 0 Å². The van der Waals surface area contributed by atoms with E-state index >= 15 is 0 Å². The molecule has 0 aromatic carbocycles. The highest BCUT2D eigenvalue weighted by atomic mass is 16.4. The molecule has 2 saturated heterocycles. The van der Waals surface area contributed by atoms with E-state index in [2.05, 4.69) is 32.6 Å². The van der Waals surface area contributed by atoms with Crippen LogP contribution in [-0.2, 0) is 0 Å². The molecule has 2 aliphatic rings. The summed E-state index contributed by atoms with van der Waals surface area (Å²) >= 11 is 0. The Bertz CT molecular complexity index is 343. The Morgan fingerprint density at radius 2 is 1.70 bits per heavy atom. The van der Waals surface area contributed by atoms with Crippen molar-refractivity contribution in [3.63, 3.8) is 0 Å². The van der Waals surface area contributed by atoms with Crippen molar-refractivity contribution in [2.24, 2.45) is 11.3 Å². The van der Waals surface area contributed by atoms with Gasteiger partial charge >= 0.3 is 0 Å². The largest absolute Gasteiger partial charge is 0.530 e. The van der Waals surface area contributed by atoms with Crippen molar-refractivity contribution in [3.05, 3.63) is 0 Å². The molecule has 2 rings (SSSR count). The Hall–Kier alpha value is -0.770. The molecule has 2 aliphatic heterocycles. The summed E-state index contributed by atoms with van der Waals surface area (Å²) in [6.45, 7) is 11.8. The number of carbonyl (C=O) groups excluding carboxylic acids is 1. The third kappa shape index (κ3) is 3.46. The van der Waals surface area contributed by atoms with E-state index in [1.807, 2.05) is 0 Å². The zero-order valence-electron chi connectivity index (χ0n) is 13.4. The molecule has 2 fully saturated rings. The van der Waals surface area contributed by atoms with Crippen molar-refractivity contribution >= 4 is 6.09 Å². The van der Waals surface area contributed by atoms with Gasteiger partial charge in [-0.15, -0.1) is 0 Å². The molecule has 0 radical (unpaired) electrons. The number of rotatable bonds is 1. The first-order chi connectivity index (χ1) is 9.29. The summed E-state index contributed by atoms with van der Waals surface area (Å²) in [7, 11) is 0. The van der Waals surface area contributed by atoms with Gasteiger partial charge in [-0.05, 0) is 43.6 Å². The summed E-state index contributed by atoms with van der Waals surface area (Å²) < 4.78 is 0. The molecule has 2 unspecified atom stereocenters. The molecule has 4 heteroatoms. The van der Waals surface area contributed by atoms with E-state index in [-0.39, 0.29) is 0 Å². The second kappa shape index (κ2) is 5.92. The highest BCUT2D eigenvalue weighted by Crippen LogP contribution is 2.37. The van der Waals surface area contributed by atoms with Crippen LogP contribution in [-0.4, -0.2) is 47.6 Å². The van der Waals surface area contributed by atoms with Crippen LogP contribution >= 0.6 is 0 Å². The summed E-state index contributed by atoms with van der Waals surface area (Å²) in [4.78, 5) is 15.0. The topological polar surface area (TPSA) is 46.6 Å². The molecule has 0 aromatic rings. The van der Waals surface area contributed by atoms with E-state index in [1.54, 1.807) is 0 Å². The number of nitrogens with zero attached hydrogens (tertiary/aromatic N) is 2. The summed E-state index contributed by atoms with van der Waals surface area (Å²) in [6, 6.07) is 1.16. The van der Waals surface area contributed by atoms with E-state index in [1.165, 1.54) is 24.3 Å². The fourth-order valence-corrected chi connectivity index (χ4v) is 3.83. The van der Waals surface area contributed by atoms with Gasteiger partial charge in [0.05, 0.1) is 0 Å². The Kier molecular flexibility index (Phi) is 4.62. The zero-order chi connectivity index (χ0) is 14.9. The first-order valence-corrected chi connectivity index (χ1v) is 8.00. The second-order valence-electron chi connectivity index (χ2n) is 7.73. The van der Waals surface area contributed by atoms with Crippen molar-refractivity contribution in [1.29, 1.82) is 0 Å². The van der Waals surface area contributed by atoms with Crippen LogP contribution in [0.3, 0.4) is 0 Å². The van der Waals surface area contributed by atoms with Crippen molar-refractivity contribution in [2.45, 2.75) is 65.5 Å². The minimum Gasteiger partial charge on any atom is -0.530 e. The predicted molar refractivity (Wildman–Crippen MR) is 78.3 cm³/mol. The molecule has 0 spiro atoms. The van der Waals surface area contributed by atoms with Gasteiger partial charge in [0.15, 0.2) is 0 Å². The van der Waals surface area contributed by atoms with E-state index in [0.717, 1.165) is 18.8 Å². The fourth-order valence-electron chi connectivity index (χ4n) is 3.83. The van der Waals surface area contributed by atoms with E-state index in [9.17, 15) is 9.90 Å². The fraction of sp³-hybridized carbons (Fsp3) is 0.938. The first kappa shape index (κ1) is 15.6. The van der Waals surface area contributed by atoms with E-state index in [4.69, 9.17) is 0 Å². The van der Waals surface area contributed by atoms with Crippen LogP contribution in [0.2, 0.25) is 0 Å². The van der Waals surface area contributed by atoms with Gasteiger partial charge in [-0.25, -0.2) is 0 Å². The quantitative estimate of drug-likeness (QED) is 0.738. The van der Waals surface area contributed by atoms with Gasteiger partial charge in [0.25, 0.3) is 0 Å². The monoisotopic (exact) mass is 281 g/mol. The average molecular weight is 281 g/mol. The summed E-state index contributed by atoms with van der Waals surface area (Å²) in [5.74, 6) is 0.804. The molecular weight excluding hydrogens is 252 g/mol. The van der Waals surface area contributed by atoms with Crippen molar-refractivity contribution in [2.75, 3.05) is 19.6 Å².